The summed E-state index contributed by atoms with van der Waals surface area (Å²) in [5, 5.41) is 2.89. The first-order valence-electron chi connectivity index (χ1n) is 12.5. The van der Waals surface area contributed by atoms with E-state index in [1.165, 1.54) is 42.1 Å². The minimum Gasteiger partial charge on any atom is -0.348 e. The Kier molecular flexibility index (Phi) is 5.59. The Hall–Kier alpha value is -3.76. The van der Waals surface area contributed by atoms with Gasteiger partial charge >= 0.3 is 11.9 Å². The predicted octanol–water partition coefficient (Wildman–Crippen LogP) is 3.64. The molecule has 2 aromatic rings. The standard InChI is InChI=1S/C27H25F4N5O2/c1-15(37)33-21-13-35(11-9-19(21)16-2-5-18(28)6-3-16)24-32-14-36(25(38)34-24)12-17-4-7-22(27(29,30)31)26-10-8-20(26)23(17)26/h2-7,9,14,20-21,23H,8,10-13H2,1H3,(H,33,37). The zero-order chi connectivity index (χ0) is 26.8. The van der Waals surface area contributed by atoms with Crippen LogP contribution in [0.15, 0.2) is 64.8 Å². The van der Waals surface area contributed by atoms with Gasteiger partial charge in [0.15, 0.2) is 0 Å². The van der Waals surface area contributed by atoms with Gasteiger partial charge in [0.25, 0.3) is 0 Å². The largest absolute Gasteiger partial charge is 0.413 e. The van der Waals surface area contributed by atoms with Gasteiger partial charge in [-0.2, -0.15) is 18.2 Å². The highest BCUT2D eigenvalue weighted by molar-refractivity contribution is 5.80. The fourth-order valence-corrected chi connectivity index (χ4v) is 6.56. The predicted molar refractivity (Wildman–Crippen MR) is 131 cm³/mol. The molecule has 0 bridgehead atoms. The zero-order valence-corrected chi connectivity index (χ0v) is 20.5. The van der Waals surface area contributed by atoms with Crippen molar-refractivity contribution in [3.8, 4) is 0 Å². The molecule has 2 saturated carbocycles. The summed E-state index contributed by atoms with van der Waals surface area (Å²) in [4.78, 5) is 35.0. The van der Waals surface area contributed by atoms with Crippen LogP contribution >= 0.6 is 0 Å². The smallest absolute Gasteiger partial charge is 0.348 e. The number of hydrogen-bond donors (Lipinski definition) is 1. The molecule has 1 aromatic carbocycles. The molecule has 1 amide bonds. The van der Waals surface area contributed by atoms with Crippen LogP contribution in [-0.2, 0) is 11.3 Å². The molecule has 2 heterocycles. The van der Waals surface area contributed by atoms with E-state index in [2.05, 4.69) is 15.3 Å². The van der Waals surface area contributed by atoms with E-state index in [4.69, 9.17) is 0 Å². The van der Waals surface area contributed by atoms with E-state index in [0.717, 1.165) is 23.1 Å². The minimum absolute atomic E-state index is 0.0128. The van der Waals surface area contributed by atoms with Crippen molar-refractivity contribution < 1.29 is 22.4 Å². The van der Waals surface area contributed by atoms with Crippen LogP contribution in [0.25, 0.3) is 5.57 Å². The Morgan fingerprint density at radius 2 is 1.97 bits per heavy atom. The second-order valence-corrected chi connectivity index (χ2v) is 10.4. The molecular weight excluding hydrogens is 502 g/mol. The summed E-state index contributed by atoms with van der Waals surface area (Å²) in [6, 6.07) is 5.57. The van der Waals surface area contributed by atoms with Gasteiger partial charge in [-0.1, -0.05) is 30.4 Å². The third-order valence-corrected chi connectivity index (χ3v) is 8.30. The van der Waals surface area contributed by atoms with Gasteiger partial charge in [0, 0.05) is 31.0 Å². The summed E-state index contributed by atoms with van der Waals surface area (Å²) in [6.45, 7) is 2.22. The first kappa shape index (κ1) is 24.6. The lowest BCUT2D eigenvalue weighted by atomic mass is 9.76. The fourth-order valence-electron chi connectivity index (χ4n) is 6.56. The lowest BCUT2D eigenvalue weighted by Crippen LogP contribution is -2.47. The molecule has 7 nitrogen and oxygen atoms in total. The van der Waals surface area contributed by atoms with Gasteiger partial charge in [0.2, 0.25) is 11.9 Å². The van der Waals surface area contributed by atoms with Gasteiger partial charge < -0.3 is 10.2 Å². The van der Waals surface area contributed by atoms with E-state index in [1.807, 2.05) is 6.08 Å². The highest BCUT2D eigenvalue weighted by Crippen LogP contribution is 2.80. The molecule has 6 rings (SSSR count). The number of aromatic nitrogens is 3. The number of rotatable bonds is 5. The molecule has 11 heteroatoms. The van der Waals surface area contributed by atoms with Crippen molar-refractivity contribution in [2.24, 2.45) is 17.3 Å². The molecular formula is C27H25F4N5O2. The first-order chi connectivity index (χ1) is 18.1. The number of hydrogen-bond acceptors (Lipinski definition) is 5. The molecule has 1 aliphatic heterocycles. The molecule has 1 aromatic heterocycles. The number of nitrogens with one attached hydrogen (secondary N) is 1. The van der Waals surface area contributed by atoms with Crippen molar-refractivity contribution in [2.45, 2.75) is 38.5 Å². The molecule has 38 heavy (non-hydrogen) atoms. The maximum absolute atomic E-state index is 13.5. The van der Waals surface area contributed by atoms with Crippen molar-refractivity contribution in [3.63, 3.8) is 0 Å². The summed E-state index contributed by atoms with van der Waals surface area (Å²) in [5.41, 5.74) is 0.599. The number of halogens is 4. The third kappa shape index (κ3) is 3.95. The van der Waals surface area contributed by atoms with E-state index in [0.29, 0.717) is 19.5 Å². The van der Waals surface area contributed by atoms with E-state index in [1.54, 1.807) is 17.0 Å². The van der Waals surface area contributed by atoms with Crippen LogP contribution in [-0.4, -0.2) is 45.7 Å². The molecule has 4 atom stereocenters. The number of carbonyl (C=O) groups is 1. The van der Waals surface area contributed by atoms with Gasteiger partial charge in [-0.15, -0.1) is 0 Å². The normalized spacial score (nSPS) is 27.8. The number of fused-ring (bicyclic) bond motifs is 1. The number of benzene rings is 1. The minimum atomic E-state index is -4.34. The molecule has 0 saturated heterocycles. The second-order valence-electron chi connectivity index (χ2n) is 10.4. The van der Waals surface area contributed by atoms with Crippen LogP contribution in [0, 0.1) is 23.1 Å². The van der Waals surface area contributed by atoms with Crippen LogP contribution < -0.4 is 15.9 Å². The molecule has 4 aliphatic rings. The molecule has 4 unspecified atom stereocenters. The average molecular weight is 528 g/mol. The number of alkyl halides is 3. The van der Waals surface area contributed by atoms with E-state index < -0.39 is 28.9 Å². The SMILES string of the molecule is CC(=O)NC1CN(c2ncn(CC3=CC=C(C(F)(F)F)C45CCC4C35)c(=O)n2)CC=C1c1ccc(F)cc1. The van der Waals surface area contributed by atoms with E-state index in [-0.39, 0.29) is 36.1 Å². The molecule has 3 aliphatic carbocycles. The third-order valence-electron chi connectivity index (χ3n) is 8.30. The summed E-state index contributed by atoms with van der Waals surface area (Å²) in [6.07, 6.45) is 2.87. The highest BCUT2D eigenvalue weighted by Gasteiger charge is 2.76. The van der Waals surface area contributed by atoms with Crippen molar-refractivity contribution >= 4 is 17.4 Å². The van der Waals surface area contributed by atoms with Crippen LogP contribution in [0.5, 0.6) is 0 Å². The summed E-state index contributed by atoms with van der Waals surface area (Å²) in [5.74, 6) is -0.609. The van der Waals surface area contributed by atoms with Crippen molar-refractivity contribution in [1.82, 2.24) is 19.9 Å². The van der Waals surface area contributed by atoms with Gasteiger partial charge in [0.1, 0.15) is 12.1 Å². The Morgan fingerprint density at radius 1 is 1.21 bits per heavy atom. The average Bonchev–Trinajstić information content (AvgIpc) is 3.34. The number of nitrogens with zero attached hydrogens (tertiary/aromatic N) is 4. The lowest BCUT2D eigenvalue weighted by Gasteiger charge is -2.33. The maximum Gasteiger partial charge on any atom is 0.413 e. The molecule has 0 radical (unpaired) electrons. The van der Waals surface area contributed by atoms with Gasteiger partial charge in [-0.05, 0) is 53.5 Å². The number of anilines is 1. The number of carbonyl (C=O) groups excluding carboxylic acids is 1. The van der Waals surface area contributed by atoms with Gasteiger partial charge in [-0.25, -0.2) is 14.2 Å². The molecule has 1 N–H and O–H groups in total. The van der Waals surface area contributed by atoms with Crippen molar-refractivity contribution in [2.75, 3.05) is 18.0 Å². The van der Waals surface area contributed by atoms with Crippen LogP contribution in [0.2, 0.25) is 0 Å². The molecule has 2 fully saturated rings. The van der Waals surface area contributed by atoms with Crippen LogP contribution in [0.4, 0.5) is 23.5 Å². The first-order valence-corrected chi connectivity index (χ1v) is 12.5. The number of allylic oxidation sites excluding steroid dienone is 4. The summed E-state index contributed by atoms with van der Waals surface area (Å²) >= 11 is 0. The van der Waals surface area contributed by atoms with E-state index >= 15 is 0 Å². The maximum atomic E-state index is 13.5. The Bertz CT molecular complexity index is 1460. The van der Waals surface area contributed by atoms with Crippen LogP contribution in [0.1, 0.15) is 25.3 Å². The lowest BCUT2D eigenvalue weighted by molar-refractivity contribution is -0.119. The molecule has 1 spiro atoms. The van der Waals surface area contributed by atoms with E-state index in [9.17, 15) is 27.2 Å². The fraction of sp³-hybridized carbons (Fsp3) is 0.407. The Morgan fingerprint density at radius 3 is 2.61 bits per heavy atom. The van der Waals surface area contributed by atoms with Gasteiger partial charge in [0.05, 0.1) is 12.6 Å². The topological polar surface area (TPSA) is 80.1 Å². The van der Waals surface area contributed by atoms with Crippen molar-refractivity contribution in [3.05, 3.63) is 81.8 Å². The van der Waals surface area contributed by atoms with Gasteiger partial charge in [-0.3, -0.25) is 9.36 Å². The molecule has 198 valence electrons. The Balaban J connectivity index is 1.22. The van der Waals surface area contributed by atoms with Crippen molar-refractivity contribution in [1.29, 1.82) is 0 Å². The quantitative estimate of drug-likeness (QED) is 0.601. The monoisotopic (exact) mass is 527 g/mol. The second kappa shape index (κ2) is 8.64. The zero-order valence-electron chi connectivity index (χ0n) is 20.5. The summed E-state index contributed by atoms with van der Waals surface area (Å²) in [7, 11) is 0. The number of amides is 1. The van der Waals surface area contributed by atoms with Crippen LogP contribution in [0.3, 0.4) is 0 Å². The summed E-state index contributed by atoms with van der Waals surface area (Å²) < 4.78 is 55.3. The Labute approximate surface area is 215 Å². The highest BCUT2D eigenvalue weighted by atomic mass is 19.4.